The summed E-state index contributed by atoms with van der Waals surface area (Å²) in [5.41, 5.74) is 1.18. The summed E-state index contributed by atoms with van der Waals surface area (Å²) < 4.78 is 16.6. The van der Waals surface area contributed by atoms with Crippen LogP contribution in [-0.4, -0.2) is 4.27 Å². The first-order valence-electron chi connectivity index (χ1n) is 4.14. The molecule has 0 aliphatic rings. The van der Waals surface area contributed by atoms with E-state index < -0.39 is 4.27 Å². The van der Waals surface area contributed by atoms with E-state index in [0.29, 0.717) is 0 Å². The Morgan fingerprint density at radius 2 is 1.69 bits per heavy atom. The lowest BCUT2D eigenvalue weighted by molar-refractivity contribution is 0.627. The zero-order valence-electron chi connectivity index (χ0n) is 8.03. The van der Waals surface area contributed by atoms with Gasteiger partial charge in [-0.25, -0.2) is 4.39 Å². The predicted molar refractivity (Wildman–Crippen MR) is 57.1 cm³/mol. The molecule has 0 N–H and O–H groups in total. The van der Waals surface area contributed by atoms with E-state index in [1.54, 1.807) is 12.1 Å². The van der Waals surface area contributed by atoms with Gasteiger partial charge in [0.15, 0.2) is 4.27 Å². The third kappa shape index (κ3) is 8.35. The summed E-state index contributed by atoms with van der Waals surface area (Å²) in [4.78, 5) is 0. The average Bonchev–Trinajstić information content (AvgIpc) is 2.03. The van der Waals surface area contributed by atoms with Crippen molar-refractivity contribution < 1.29 is 5.76 Å². The molecule has 0 fully saturated rings. The van der Waals surface area contributed by atoms with E-state index in [-0.39, 0.29) is 5.82 Å². The maximum absolute atomic E-state index is 12.2. The average molecular weight is 245 g/mol. The molecule has 74 valence electrons. The smallest absolute Gasteiger partial charge is 0.180 e. The topological polar surface area (TPSA) is 0 Å². The van der Waals surface area contributed by atoms with Gasteiger partial charge in [0.1, 0.15) is 5.82 Å². The van der Waals surface area contributed by atoms with Gasteiger partial charge in [-0.05, 0) is 24.1 Å². The maximum atomic E-state index is 12.2. The Balaban J connectivity index is 0.000000292. The van der Waals surface area contributed by atoms with E-state index in [2.05, 4.69) is 0 Å². The molecule has 0 saturated heterocycles. The van der Waals surface area contributed by atoms with Gasteiger partial charge in [-0.1, -0.05) is 53.9 Å². The Kier molecular flexibility index (Phi) is 6.34. The predicted octanol–water partition coefficient (Wildman–Crippen LogP) is 4.37. The standard InChI is InChI=1S/C8H9F.CHCl3/c1-2-7-3-5-8(9)6-4-7;2-1(3)4/h3-6H,2H2,1H3;1H/i;1D. The van der Waals surface area contributed by atoms with Gasteiger partial charge in [-0.3, -0.25) is 0 Å². The summed E-state index contributed by atoms with van der Waals surface area (Å²) in [5, 5.41) is 0. The van der Waals surface area contributed by atoms with Crippen molar-refractivity contribution in [3.8, 4) is 0 Å². The fourth-order valence-corrected chi connectivity index (χ4v) is 0.720. The fourth-order valence-electron chi connectivity index (χ4n) is 0.720. The van der Waals surface area contributed by atoms with E-state index in [0.717, 1.165) is 6.42 Å². The molecule has 0 aliphatic heterocycles. The molecule has 0 atom stereocenters. The minimum Gasteiger partial charge on any atom is -0.207 e. The largest absolute Gasteiger partial charge is 0.207 e. The highest BCUT2D eigenvalue weighted by Gasteiger charge is 1.87. The highest BCUT2D eigenvalue weighted by atomic mass is 35.6. The Bertz CT molecular complexity index is 250. The Morgan fingerprint density at radius 1 is 1.31 bits per heavy atom. The van der Waals surface area contributed by atoms with Crippen LogP contribution in [0.2, 0.25) is 0 Å². The van der Waals surface area contributed by atoms with Gasteiger partial charge in [0, 0.05) is 0 Å². The van der Waals surface area contributed by atoms with Crippen molar-refractivity contribution in [1.29, 1.82) is 0 Å². The number of halogens is 4. The molecule has 0 bridgehead atoms. The first-order chi connectivity index (χ1) is 6.33. The van der Waals surface area contributed by atoms with Crippen molar-refractivity contribution >= 4 is 34.8 Å². The molecule has 0 aromatic heterocycles. The number of hydrogen-bond acceptors (Lipinski definition) is 0. The maximum Gasteiger partial charge on any atom is 0.180 e. The van der Waals surface area contributed by atoms with E-state index in [4.69, 9.17) is 36.2 Å². The van der Waals surface area contributed by atoms with Gasteiger partial charge in [0.2, 0.25) is 0 Å². The van der Waals surface area contributed by atoms with Crippen LogP contribution in [0.15, 0.2) is 24.3 Å². The molecule has 4 heteroatoms. The zero-order chi connectivity index (χ0) is 11.2. The molecule has 0 spiro atoms. The molecule has 0 amide bonds. The summed E-state index contributed by atoms with van der Waals surface area (Å²) in [6.07, 6.45) is 0.972. The van der Waals surface area contributed by atoms with E-state index in [1.807, 2.05) is 6.92 Å². The van der Waals surface area contributed by atoms with E-state index in [1.165, 1.54) is 17.7 Å². The highest BCUT2D eigenvalue weighted by Crippen LogP contribution is 2.03. The molecular formula is C9H10Cl3F. The van der Waals surface area contributed by atoms with Crippen LogP contribution >= 0.6 is 34.8 Å². The van der Waals surface area contributed by atoms with Crippen LogP contribution in [0.25, 0.3) is 0 Å². The molecule has 1 rings (SSSR count). The van der Waals surface area contributed by atoms with Gasteiger partial charge in [0.25, 0.3) is 0 Å². The SMILES string of the molecule is CCc1ccc(F)cc1.[2H]C(Cl)(Cl)Cl. The Labute approximate surface area is 94.0 Å². The summed E-state index contributed by atoms with van der Waals surface area (Å²) in [7, 11) is 0. The van der Waals surface area contributed by atoms with Crippen LogP contribution in [0.5, 0.6) is 0 Å². The zero-order valence-corrected chi connectivity index (χ0v) is 9.30. The number of rotatable bonds is 1. The minimum absolute atomic E-state index is 0.160. The van der Waals surface area contributed by atoms with Crippen molar-refractivity contribution in [3.63, 3.8) is 0 Å². The van der Waals surface area contributed by atoms with Gasteiger partial charge in [-0.15, -0.1) is 0 Å². The third-order valence-electron chi connectivity index (χ3n) is 1.32. The molecule has 0 unspecified atom stereocenters. The minimum atomic E-state index is -1.83. The normalized spacial score (nSPS) is 11.3. The van der Waals surface area contributed by atoms with Crippen LogP contribution in [0.4, 0.5) is 4.39 Å². The van der Waals surface area contributed by atoms with Crippen LogP contribution in [0.1, 0.15) is 13.9 Å². The second-order valence-corrected chi connectivity index (χ2v) is 3.91. The van der Waals surface area contributed by atoms with Gasteiger partial charge < -0.3 is 0 Å². The molecule has 0 nitrogen and oxygen atoms in total. The van der Waals surface area contributed by atoms with Crippen molar-refractivity contribution in [2.75, 3.05) is 0 Å². The third-order valence-corrected chi connectivity index (χ3v) is 1.32. The van der Waals surface area contributed by atoms with E-state index >= 15 is 0 Å². The van der Waals surface area contributed by atoms with Crippen LogP contribution < -0.4 is 0 Å². The monoisotopic (exact) mass is 243 g/mol. The lowest BCUT2D eigenvalue weighted by Crippen LogP contribution is -1.78. The number of benzene rings is 1. The molecule has 13 heavy (non-hydrogen) atoms. The van der Waals surface area contributed by atoms with Crippen LogP contribution in [0.3, 0.4) is 0 Å². The number of alkyl halides is 3. The summed E-state index contributed by atoms with van der Waals surface area (Å²) in [6.45, 7) is 2.05. The van der Waals surface area contributed by atoms with Crippen molar-refractivity contribution in [2.45, 2.75) is 17.6 Å². The first kappa shape index (κ1) is 11.1. The van der Waals surface area contributed by atoms with Gasteiger partial charge in [-0.2, -0.15) is 0 Å². The molecule has 0 saturated carbocycles. The second-order valence-electron chi connectivity index (χ2n) is 2.19. The van der Waals surface area contributed by atoms with Crippen molar-refractivity contribution in [3.05, 3.63) is 35.6 Å². The van der Waals surface area contributed by atoms with Crippen LogP contribution in [-0.2, 0) is 6.42 Å². The number of aryl methyl sites for hydroxylation is 1. The fraction of sp³-hybridized carbons (Fsp3) is 0.333. The first-order valence-corrected chi connectivity index (χ1v) is 4.77. The quantitative estimate of drug-likeness (QED) is 0.643. The molecule has 1 aromatic carbocycles. The molecule has 0 radical (unpaired) electrons. The molecule has 0 aliphatic carbocycles. The summed E-state index contributed by atoms with van der Waals surface area (Å²) >= 11 is 14.2. The second kappa shape index (κ2) is 7.43. The van der Waals surface area contributed by atoms with Crippen molar-refractivity contribution in [1.82, 2.24) is 0 Å². The molecule has 1 aromatic rings. The van der Waals surface area contributed by atoms with E-state index in [9.17, 15) is 4.39 Å². The molecular weight excluding hydrogens is 233 g/mol. The lowest BCUT2D eigenvalue weighted by atomic mass is 10.2. The highest BCUT2D eigenvalue weighted by molar-refractivity contribution is 6.63. The van der Waals surface area contributed by atoms with Crippen LogP contribution in [0, 0.1) is 5.82 Å². The Morgan fingerprint density at radius 3 is 2.00 bits per heavy atom. The number of hydrogen-bond donors (Lipinski definition) is 0. The lowest BCUT2D eigenvalue weighted by Gasteiger charge is -1.92. The van der Waals surface area contributed by atoms with Crippen molar-refractivity contribution in [2.24, 2.45) is 0 Å². The van der Waals surface area contributed by atoms with Gasteiger partial charge in [0.05, 0.1) is 1.37 Å². The Hall–Kier alpha value is 0.0200. The summed E-state index contributed by atoms with van der Waals surface area (Å²) in [5.74, 6) is -0.160. The van der Waals surface area contributed by atoms with Gasteiger partial charge >= 0.3 is 0 Å². The summed E-state index contributed by atoms with van der Waals surface area (Å²) in [6, 6.07) is 6.57. The molecule has 0 heterocycles.